The monoisotopic (exact) mass is 192 g/mol. The summed E-state index contributed by atoms with van der Waals surface area (Å²) in [6, 6.07) is 0. The molecule has 0 spiro atoms. The molecule has 0 aliphatic rings. The SMILES string of the molecule is O=C(O)c1nnc(-c2cnccn2)o1. The van der Waals surface area contributed by atoms with Crippen molar-refractivity contribution in [1.82, 2.24) is 20.2 Å². The maximum atomic E-state index is 10.4. The van der Waals surface area contributed by atoms with E-state index in [0.717, 1.165) is 0 Å². The van der Waals surface area contributed by atoms with Crippen molar-refractivity contribution in [2.24, 2.45) is 0 Å². The van der Waals surface area contributed by atoms with Gasteiger partial charge in [0.1, 0.15) is 5.69 Å². The molecule has 0 saturated carbocycles. The van der Waals surface area contributed by atoms with Crippen LogP contribution in [-0.2, 0) is 0 Å². The molecule has 14 heavy (non-hydrogen) atoms. The Morgan fingerprint density at radius 2 is 2.21 bits per heavy atom. The lowest BCUT2D eigenvalue weighted by atomic mass is 10.4. The van der Waals surface area contributed by atoms with E-state index in [1.807, 2.05) is 0 Å². The van der Waals surface area contributed by atoms with E-state index >= 15 is 0 Å². The molecular weight excluding hydrogens is 188 g/mol. The van der Waals surface area contributed by atoms with Crippen molar-refractivity contribution >= 4 is 5.97 Å². The summed E-state index contributed by atoms with van der Waals surface area (Å²) >= 11 is 0. The quantitative estimate of drug-likeness (QED) is 0.726. The molecule has 0 fully saturated rings. The van der Waals surface area contributed by atoms with Crippen LogP contribution < -0.4 is 0 Å². The molecule has 0 aliphatic heterocycles. The predicted molar refractivity (Wildman–Crippen MR) is 42.3 cm³/mol. The molecule has 0 amide bonds. The number of aromatic nitrogens is 4. The van der Waals surface area contributed by atoms with Crippen LogP contribution in [0.5, 0.6) is 0 Å². The lowest BCUT2D eigenvalue weighted by Crippen LogP contribution is -1.95. The number of aromatic carboxylic acids is 1. The molecule has 0 aromatic carbocycles. The minimum atomic E-state index is -1.27. The van der Waals surface area contributed by atoms with E-state index in [9.17, 15) is 4.79 Å². The molecule has 2 aromatic heterocycles. The van der Waals surface area contributed by atoms with Gasteiger partial charge in [0, 0.05) is 12.4 Å². The van der Waals surface area contributed by atoms with Gasteiger partial charge in [-0.25, -0.2) is 9.78 Å². The van der Waals surface area contributed by atoms with Gasteiger partial charge in [-0.2, -0.15) is 0 Å². The number of hydrogen-bond acceptors (Lipinski definition) is 6. The Labute approximate surface area is 77.5 Å². The van der Waals surface area contributed by atoms with Crippen molar-refractivity contribution < 1.29 is 14.3 Å². The molecule has 2 rings (SSSR count). The van der Waals surface area contributed by atoms with Crippen molar-refractivity contribution in [3.8, 4) is 11.6 Å². The van der Waals surface area contributed by atoms with Gasteiger partial charge in [-0.1, -0.05) is 0 Å². The van der Waals surface area contributed by atoms with Gasteiger partial charge in [-0.3, -0.25) is 4.98 Å². The Kier molecular flexibility index (Phi) is 1.90. The lowest BCUT2D eigenvalue weighted by Gasteiger charge is -1.89. The first kappa shape index (κ1) is 8.30. The van der Waals surface area contributed by atoms with Crippen LogP contribution in [0.4, 0.5) is 0 Å². The molecule has 0 radical (unpaired) electrons. The van der Waals surface area contributed by atoms with E-state index in [0.29, 0.717) is 5.69 Å². The normalized spacial score (nSPS) is 10.0. The fourth-order valence-electron chi connectivity index (χ4n) is 0.823. The molecular formula is C7H4N4O3. The summed E-state index contributed by atoms with van der Waals surface area (Å²) in [5.74, 6) is -1.70. The minimum Gasteiger partial charge on any atom is -0.474 e. The smallest absolute Gasteiger partial charge is 0.393 e. The first-order valence-corrected chi connectivity index (χ1v) is 3.60. The first-order valence-electron chi connectivity index (χ1n) is 3.60. The highest BCUT2D eigenvalue weighted by atomic mass is 16.4. The molecule has 0 aliphatic carbocycles. The third-order valence-electron chi connectivity index (χ3n) is 1.39. The molecule has 7 heteroatoms. The zero-order valence-electron chi connectivity index (χ0n) is 6.78. The van der Waals surface area contributed by atoms with Crippen LogP contribution >= 0.6 is 0 Å². The maximum absolute atomic E-state index is 10.4. The van der Waals surface area contributed by atoms with Crippen LogP contribution in [0.15, 0.2) is 23.0 Å². The van der Waals surface area contributed by atoms with Crippen LogP contribution in [0.3, 0.4) is 0 Å². The molecule has 0 atom stereocenters. The molecule has 7 nitrogen and oxygen atoms in total. The van der Waals surface area contributed by atoms with E-state index < -0.39 is 11.9 Å². The van der Waals surface area contributed by atoms with Gasteiger partial charge in [0.2, 0.25) is 0 Å². The van der Waals surface area contributed by atoms with Gasteiger partial charge in [-0.05, 0) is 0 Å². The standard InChI is InChI=1S/C7H4N4O3/c12-7(13)6-11-10-5(14-6)4-3-8-1-2-9-4/h1-3H,(H,12,13). The fraction of sp³-hybridized carbons (Fsp3) is 0. The van der Waals surface area contributed by atoms with E-state index in [1.165, 1.54) is 18.6 Å². The van der Waals surface area contributed by atoms with Crippen LogP contribution in [0.2, 0.25) is 0 Å². The van der Waals surface area contributed by atoms with Crippen molar-refractivity contribution in [1.29, 1.82) is 0 Å². The van der Waals surface area contributed by atoms with Crippen LogP contribution in [-0.4, -0.2) is 31.2 Å². The summed E-state index contributed by atoms with van der Waals surface area (Å²) in [6.45, 7) is 0. The van der Waals surface area contributed by atoms with E-state index in [-0.39, 0.29) is 5.89 Å². The molecule has 0 saturated heterocycles. The molecule has 0 unspecified atom stereocenters. The highest BCUT2D eigenvalue weighted by molar-refractivity contribution is 5.82. The van der Waals surface area contributed by atoms with Crippen LogP contribution in [0.25, 0.3) is 11.6 Å². The summed E-state index contributed by atoms with van der Waals surface area (Å²) < 4.78 is 4.81. The maximum Gasteiger partial charge on any atom is 0.393 e. The molecule has 70 valence electrons. The summed E-state index contributed by atoms with van der Waals surface area (Å²) in [4.78, 5) is 18.1. The zero-order chi connectivity index (χ0) is 9.97. The van der Waals surface area contributed by atoms with Gasteiger partial charge in [0.05, 0.1) is 6.20 Å². The van der Waals surface area contributed by atoms with Gasteiger partial charge in [0.15, 0.2) is 0 Å². The summed E-state index contributed by atoms with van der Waals surface area (Å²) in [5, 5.41) is 15.3. The Bertz CT molecular complexity index is 453. The van der Waals surface area contributed by atoms with E-state index in [2.05, 4.69) is 20.2 Å². The van der Waals surface area contributed by atoms with Crippen LogP contribution in [0.1, 0.15) is 10.7 Å². The average Bonchev–Trinajstić information content (AvgIpc) is 2.68. The van der Waals surface area contributed by atoms with Crippen molar-refractivity contribution in [2.75, 3.05) is 0 Å². The van der Waals surface area contributed by atoms with Crippen LogP contribution in [0, 0.1) is 0 Å². The molecule has 2 heterocycles. The van der Waals surface area contributed by atoms with Gasteiger partial charge < -0.3 is 9.52 Å². The second kappa shape index (κ2) is 3.21. The number of carboxylic acids is 1. The third kappa shape index (κ3) is 1.42. The second-order valence-corrected chi connectivity index (χ2v) is 2.31. The molecule has 1 N–H and O–H groups in total. The van der Waals surface area contributed by atoms with Gasteiger partial charge in [-0.15, -0.1) is 10.2 Å². The average molecular weight is 192 g/mol. The highest BCUT2D eigenvalue weighted by Gasteiger charge is 2.14. The Morgan fingerprint density at radius 3 is 2.79 bits per heavy atom. The lowest BCUT2D eigenvalue weighted by molar-refractivity contribution is 0.0654. The number of rotatable bonds is 2. The Balaban J connectivity index is 2.39. The molecule has 2 aromatic rings. The van der Waals surface area contributed by atoms with E-state index in [4.69, 9.17) is 9.52 Å². The van der Waals surface area contributed by atoms with Crippen molar-refractivity contribution in [2.45, 2.75) is 0 Å². The predicted octanol–water partition coefficient (Wildman–Crippen LogP) is 0.225. The largest absolute Gasteiger partial charge is 0.474 e. The summed E-state index contributed by atoms with van der Waals surface area (Å²) in [7, 11) is 0. The van der Waals surface area contributed by atoms with E-state index in [1.54, 1.807) is 0 Å². The number of hydrogen-bond donors (Lipinski definition) is 1. The zero-order valence-corrected chi connectivity index (χ0v) is 6.78. The minimum absolute atomic E-state index is 0.0375. The number of nitrogens with zero attached hydrogens (tertiary/aromatic N) is 4. The van der Waals surface area contributed by atoms with Gasteiger partial charge >= 0.3 is 11.9 Å². The number of carboxylic acid groups (broad SMARTS) is 1. The Morgan fingerprint density at radius 1 is 1.36 bits per heavy atom. The van der Waals surface area contributed by atoms with Crippen molar-refractivity contribution in [3.63, 3.8) is 0 Å². The highest BCUT2D eigenvalue weighted by Crippen LogP contribution is 2.12. The fourth-order valence-corrected chi connectivity index (χ4v) is 0.823. The molecule has 0 bridgehead atoms. The van der Waals surface area contributed by atoms with Crippen molar-refractivity contribution in [3.05, 3.63) is 24.5 Å². The second-order valence-electron chi connectivity index (χ2n) is 2.31. The first-order chi connectivity index (χ1) is 6.77. The summed E-state index contributed by atoms with van der Waals surface area (Å²) in [5.41, 5.74) is 0.340. The van der Waals surface area contributed by atoms with Gasteiger partial charge in [0.25, 0.3) is 5.89 Å². The Hall–Kier alpha value is -2.31. The number of carbonyl (C=O) groups is 1. The topological polar surface area (TPSA) is 102 Å². The third-order valence-corrected chi connectivity index (χ3v) is 1.39. The summed E-state index contributed by atoms with van der Waals surface area (Å²) in [6.07, 6.45) is 4.33.